The van der Waals surface area contributed by atoms with Gasteiger partial charge in [-0.1, -0.05) is 39.0 Å². The molecule has 164 valence electrons. The summed E-state index contributed by atoms with van der Waals surface area (Å²) >= 11 is 0. The van der Waals surface area contributed by atoms with Crippen molar-refractivity contribution in [1.29, 1.82) is 5.26 Å². The van der Waals surface area contributed by atoms with Gasteiger partial charge < -0.3 is 13.9 Å². The van der Waals surface area contributed by atoms with Crippen molar-refractivity contribution >= 4 is 19.9 Å². The molecule has 31 heavy (non-hydrogen) atoms. The Morgan fingerprint density at radius 2 is 1.65 bits per heavy atom. The Bertz CT molecular complexity index is 948. The predicted octanol–water partition coefficient (Wildman–Crippen LogP) is 4.77. The van der Waals surface area contributed by atoms with E-state index in [1.54, 1.807) is 36.3 Å². The number of anilines is 1. The molecule has 2 aromatic rings. The molecule has 0 N–H and O–H groups in total. The van der Waals surface area contributed by atoms with Crippen molar-refractivity contribution in [2.45, 2.75) is 57.2 Å². The quantitative estimate of drug-likeness (QED) is 0.460. The summed E-state index contributed by atoms with van der Waals surface area (Å²) in [5, 5.41) is 9.97. The number of methoxy groups -OCH3 is 1. The summed E-state index contributed by atoms with van der Waals surface area (Å²) in [7, 11) is -0.667. The van der Waals surface area contributed by atoms with E-state index in [2.05, 4.69) is 39.9 Å². The fraction of sp³-hybridized carbons (Fsp3) is 0.417. The first kappa shape index (κ1) is 22.9. The van der Waals surface area contributed by atoms with Crippen molar-refractivity contribution in [2.24, 2.45) is 0 Å². The number of para-hydroxylation sites is 1. The normalized spacial score (nSPS) is 19.9. The lowest BCUT2D eigenvalue weighted by Crippen LogP contribution is -2.72. The smallest absolute Gasteiger partial charge is 0.270 e. The number of rotatable bonds is 7. The maximum atomic E-state index is 13.1. The van der Waals surface area contributed by atoms with Gasteiger partial charge in [-0.2, -0.15) is 5.26 Å². The molecular weight excluding hydrogens is 408 g/mol. The Morgan fingerprint density at radius 3 is 2.16 bits per heavy atom. The van der Waals surface area contributed by atoms with E-state index in [0.29, 0.717) is 17.2 Å². The van der Waals surface area contributed by atoms with E-state index < -0.39 is 26.6 Å². The van der Waals surface area contributed by atoms with Gasteiger partial charge in [-0.05, 0) is 54.5 Å². The molecule has 0 unspecified atom stereocenters. The molecule has 0 aromatic heterocycles. The maximum Gasteiger partial charge on any atom is 0.270 e. The predicted molar refractivity (Wildman–Crippen MR) is 123 cm³/mol. The summed E-state index contributed by atoms with van der Waals surface area (Å²) in [6.45, 7) is 10.6. The highest BCUT2D eigenvalue weighted by Gasteiger charge is 2.56. The van der Waals surface area contributed by atoms with E-state index in [0.717, 1.165) is 0 Å². The highest BCUT2D eigenvalue weighted by Crippen LogP contribution is 2.40. The van der Waals surface area contributed by atoms with E-state index in [9.17, 15) is 10.1 Å². The molecule has 1 heterocycles. The van der Waals surface area contributed by atoms with Crippen molar-refractivity contribution < 1.29 is 18.7 Å². The zero-order valence-electron chi connectivity index (χ0n) is 19.0. The third-order valence-electron chi connectivity index (χ3n) is 6.11. The van der Waals surface area contributed by atoms with Gasteiger partial charge >= 0.3 is 0 Å². The number of carbonyl (C=O) groups excluding carboxylic acids is 1. The van der Waals surface area contributed by atoms with Gasteiger partial charge in [0, 0.05) is 5.69 Å². The first-order valence-electron chi connectivity index (χ1n) is 10.4. The van der Waals surface area contributed by atoms with Gasteiger partial charge in [-0.15, -0.1) is 0 Å². The molecule has 2 aromatic carbocycles. The molecule has 1 aliphatic rings. The molecule has 0 saturated carbocycles. The lowest BCUT2D eigenvalue weighted by atomic mass is 9.92. The number of carbonyl (C=O) groups is 1. The summed E-state index contributed by atoms with van der Waals surface area (Å²) in [5.74, 6) is 1.09. The molecule has 0 spiro atoms. The maximum absolute atomic E-state index is 13.1. The van der Waals surface area contributed by atoms with Crippen LogP contribution in [-0.4, -0.2) is 39.6 Å². The summed E-state index contributed by atoms with van der Waals surface area (Å²) < 4.78 is 17.7. The SMILES string of the molecule is COc1ccc(N2C(=O)[C@H](Oc3ccccc3)[C@@H]2[C@@H](C#N)O[Si](C)(C)C(C)(C)C)cc1. The monoisotopic (exact) mass is 438 g/mol. The standard InChI is InChI=1S/C24H30N2O4Si/c1-24(2,3)31(5,6)30-20(16-25)21-22(29-19-10-8-7-9-11-19)23(27)26(21)17-12-14-18(28-4)15-13-17/h7-15,20-22H,1-6H3/t20-,21+,22-/m1/s1. The highest BCUT2D eigenvalue weighted by molar-refractivity contribution is 6.74. The van der Waals surface area contributed by atoms with Gasteiger partial charge in [-0.3, -0.25) is 9.69 Å². The van der Waals surface area contributed by atoms with E-state index in [1.807, 2.05) is 30.3 Å². The van der Waals surface area contributed by atoms with E-state index in [-0.39, 0.29) is 10.9 Å². The molecule has 1 amide bonds. The largest absolute Gasteiger partial charge is 0.497 e. The first-order chi connectivity index (χ1) is 14.6. The minimum atomic E-state index is -2.26. The van der Waals surface area contributed by atoms with Crippen molar-refractivity contribution in [3.63, 3.8) is 0 Å². The average Bonchev–Trinajstić information content (AvgIpc) is 2.74. The van der Waals surface area contributed by atoms with Crippen LogP contribution in [0.15, 0.2) is 54.6 Å². The number of β-lactam (4-membered cyclic amide) rings is 1. The van der Waals surface area contributed by atoms with Crippen LogP contribution in [0.1, 0.15) is 20.8 Å². The number of nitriles is 1. The van der Waals surface area contributed by atoms with Crippen LogP contribution in [0.2, 0.25) is 18.1 Å². The van der Waals surface area contributed by atoms with E-state index in [1.165, 1.54) is 0 Å². The van der Waals surface area contributed by atoms with Crippen LogP contribution in [0, 0.1) is 11.3 Å². The number of hydrogen-bond donors (Lipinski definition) is 0. The molecule has 0 bridgehead atoms. The third-order valence-corrected chi connectivity index (χ3v) is 10.6. The minimum Gasteiger partial charge on any atom is -0.497 e. The summed E-state index contributed by atoms with van der Waals surface area (Å²) in [6, 6.07) is 18.1. The third kappa shape index (κ3) is 4.60. The Morgan fingerprint density at radius 1 is 1.03 bits per heavy atom. The van der Waals surface area contributed by atoms with Gasteiger partial charge in [0.25, 0.3) is 5.91 Å². The van der Waals surface area contributed by atoms with Crippen molar-refractivity contribution in [3.05, 3.63) is 54.6 Å². The second-order valence-electron chi connectivity index (χ2n) is 9.18. The molecule has 6 nitrogen and oxygen atoms in total. The van der Waals surface area contributed by atoms with E-state index >= 15 is 0 Å². The van der Waals surface area contributed by atoms with Crippen LogP contribution in [0.25, 0.3) is 0 Å². The minimum absolute atomic E-state index is 0.0728. The molecule has 1 saturated heterocycles. The van der Waals surface area contributed by atoms with Crippen molar-refractivity contribution in [1.82, 2.24) is 0 Å². The fourth-order valence-corrected chi connectivity index (χ4v) is 4.43. The molecule has 1 fully saturated rings. The zero-order valence-corrected chi connectivity index (χ0v) is 20.0. The van der Waals surface area contributed by atoms with Gasteiger partial charge in [0.05, 0.1) is 13.2 Å². The number of amides is 1. The van der Waals surface area contributed by atoms with Crippen molar-refractivity contribution in [2.75, 3.05) is 12.0 Å². The zero-order chi connectivity index (χ0) is 22.8. The van der Waals surface area contributed by atoms with Gasteiger partial charge in [0.2, 0.25) is 6.10 Å². The molecular formula is C24H30N2O4Si. The Labute approximate surface area is 185 Å². The van der Waals surface area contributed by atoms with Crippen LogP contribution < -0.4 is 14.4 Å². The second-order valence-corrected chi connectivity index (χ2v) is 13.9. The average molecular weight is 439 g/mol. The Hall–Kier alpha value is -2.82. The second kappa shape index (κ2) is 8.73. The van der Waals surface area contributed by atoms with Gasteiger partial charge in [-0.25, -0.2) is 0 Å². The summed E-state index contributed by atoms with van der Waals surface area (Å²) in [5.41, 5.74) is 0.683. The molecule has 0 radical (unpaired) electrons. The van der Waals surface area contributed by atoms with Crippen LogP contribution in [-0.2, 0) is 9.22 Å². The molecule has 3 atom stereocenters. The molecule has 3 rings (SSSR count). The van der Waals surface area contributed by atoms with Gasteiger partial charge in [0.15, 0.2) is 14.4 Å². The highest BCUT2D eigenvalue weighted by atomic mass is 28.4. The van der Waals surface area contributed by atoms with Crippen LogP contribution in [0.5, 0.6) is 11.5 Å². The lowest BCUT2D eigenvalue weighted by Gasteiger charge is -2.50. The molecule has 7 heteroatoms. The number of nitrogens with zero attached hydrogens (tertiary/aromatic N) is 2. The number of benzene rings is 2. The van der Waals surface area contributed by atoms with Crippen LogP contribution >= 0.6 is 0 Å². The number of hydrogen-bond acceptors (Lipinski definition) is 5. The fourth-order valence-electron chi connectivity index (χ4n) is 3.25. The lowest BCUT2D eigenvalue weighted by molar-refractivity contribution is -0.137. The van der Waals surface area contributed by atoms with Crippen LogP contribution in [0.4, 0.5) is 5.69 Å². The van der Waals surface area contributed by atoms with E-state index in [4.69, 9.17) is 13.9 Å². The summed E-state index contributed by atoms with van der Waals surface area (Å²) in [6.07, 6.45) is -1.60. The number of ether oxygens (including phenoxy) is 2. The Balaban J connectivity index is 1.94. The summed E-state index contributed by atoms with van der Waals surface area (Å²) in [4.78, 5) is 14.7. The molecule has 0 aliphatic carbocycles. The van der Waals surface area contributed by atoms with Crippen molar-refractivity contribution in [3.8, 4) is 17.6 Å². The molecule has 1 aliphatic heterocycles. The Kier molecular flexibility index (Phi) is 6.44. The first-order valence-corrected chi connectivity index (χ1v) is 13.3. The van der Waals surface area contributed by atoms with Gasteiger partial charge in [0.1, 0.15) is 17.5 Å². The van der Waals surface area contributed by atoms with Crippen LogP contribution in [0.3, 0.4) is 0 Å². The topological polar surface area (TPSA) is 71.8 Å².